The minimum absolute atomic E-state index is 0.357. The number of piperidine rings is 1. The molecule has 1 saturated heterocycles. The van der Waals surface area contributed by atoms with E-state index < -0.39 is 10.0 Å². The first-order chi connectivity index (χ1) is 9.36. The third-order valence-corrected chi connectivity index (χ3v) is 6.04. The summed E-state index contributed by atoms with van der Waals surface area (Å²) < 4.78 is 25.3. The Labute approximate surface area is 133 Å². The normalized spacial score (nSPS) is 18.4. The molecule has 4 nitrogen and oxygen atoms in total. The zero-order valence-corrected chi connectivity index (χ0v) is 14.4. The van der Waals surface area contributed by atoms with Crippen LogP contribution in [0.3, 0.4) is 0 Å². The molecule has 0 bridgehead atoms. The average molecular weight is 382 g/mol. The zero-order chi connectivity index (χ0) is 14.8. The maximum Gasteiger partial charge on any atom is 0.211 e. The molecule has 1 aromatic rings. The van der Waals surface area contributed by atoms with Gasteiger partial charge in [0.1, 0.15) is 0 Å². The van der Waals surface area contributed by atoms with E-state index >= 15 is 0 Å². The Balaban J connectivity index is 1.83. The van der Waals surface area contributed by atoms with Gasteiger partial charge in [0.25, 0.3) is 0 Å². The summed E-state index contributed by atoms with van der Waals surface area (Å²) >= 11 is 9.42. The molecule has 1 aromatic carbocycles. The molecule has 1 fully saturated rings. The van der Waals surface area contributed by atoms with Gasteiger partial charge in [-0.1, -0.05) is 17.7 Å². The van der Waals surface area contributed by atoms with E-state index in [1.807, 2.05) is 18.2 Å². The molecule has 1 heterocycles. The lowest BCUT2D eigenvalue weighted by Crippen LogP contribution is -2.44. The summed E-state index contributed by atoms with van der Waals surface area (Å²) in [4.78, 5) is 0. The number of nitrogens with one attached hydrogen (secondary N) is 1. The Morgan fingerprint density at radius 3 is 2.60 bits per heavy atom. The van der Waals surface area contributed by atoms with Crippen molar-refractivity contribution < 1.29 is 8.42 Å². The van der Waals surface area contributed by atoms with Crippen molar-refractivity contribution in [3.05, 3.63) is 33.3 Å². The first kappa shape index (κ1) is 16.2. The molecule has 0 radical (unpaired) electrons. The van der Waals surface area contributed by atoms with Gasteiger partial charge >= 0.3 is 0 Å². The largest absolute Gasteiger partial charge is 0.310 e. The molecule has 0 atom stereocenters. The summed E-state index contributed by atoms with van der Waals surface area (Å²) in [6.45, 7) is 1.94. The number of hydrogen-bond acceptors (Lipinski definition) is 3. The highest BCUT2D eigenvalue weighted by Crippen LogP contribution is 2.23. The lowest BCUT2D eigenvalue weighted by Gasteiger charge is -2.30. The molecule has 0 amide bonds. The molecule has 0 aromatic heterocycles. The van der Waals surface area contributed by atoms with Gasteiger partial charge in [0.15, 0.2) is 0 Å². The fourth-order valence-corrected chi connectivity index (χ4v) is 3.63. The van der Waals surface area contributed by atoms with E-state index in [9.17, 15) is 8.42 Å². The molecule has 7 heteroatoms. The molecule has 20 heavy (non-hydrogen) atoms. The first-order valence-electron chi connectivity index (χ1n) is 6.48. The summed E-state index contributed by atoms with van der Waals surface area (Å²) in [5, 5.41) is 4.17. The van der Waals surface area contributed by atoms with Crippen LogP contribution in [0.25, 0.3) is 0 Å². The van der Waals surface area contributed by atoms with Crippen LogP contribution in [0, 0.1) is 0 Å². The summed E-state index contributed by atoms with van der Waals surface area (Å²) in [6.07, 6.45) is 2.96. The highest BCUT2D eigenvalue weighted by atomic mass is 79.9. The fraction of sp³-hybridized carbons (Fsp3) is 0.538. The zero-order valence-electron chi connectivity index (χ0n) is 11.3. The van der Waals surface area contributed by atoms with Gasteiger partial charge in [-0.05, 0) is 46.5 Å². The standard InChI is InChI=1S/C13H18BrClN2O2S/c1-20(18,19)17-6-4-11(5-7-17)16-9-10-2-3-12(14)13(15)8-10/h2-3,8,11,16H,4-7,9H2,1H3. The second-order valence-electron chi connectivity index (χ2n) is 5.07. The summed E-state index contributed by atoms with van der Waals surface area (Å²) in [5.74, 6) is 0. The van der Waals surface area contributed by atoms with E-state index in [1.165, 1.54) is 6.26 Å². The van der Waals surface area contributed by atoms with Crippen LogP contribution in [0.15, 0.2) is 22.7 Å². The molecular weight excluding hydrogens is 364 g/mol. The molecule has 0 aliphatic carbocycles. The quantitative estimate of drug-likeness (QED) is 0.872. The van der Waals surface area contributed by atoms with Crippen LogP contribution in [-0.4, -0.2) is 38.1 Å². The minimum atomic E-state index is -3.04. The van der Waals surface area contributed by atoms with E-state index in [-0.39, 0.29) is 0 Å². The van der Waals surface area contributed by atoms with Crippen LogP contribution in [0.5, 0.6) is 0 Å². The van der Waals surface area contributed by atoms with Gasteiger partial charge < -0.3 is 5.32 Å². The molecular formula is C13H18BrClN2O2S. The lowest BCUT2D eigenvalue weighted by molar-refractivity contribution is 0.290. The second kappa shape index (κ2) is 6.75. The van der Waals surface area contributed by atoms with Crippen LogP contribution in [0.1, 0.15) is 18.4 Å². The predicted molar refractivity (Wildman–Crippen MR) is 85.4 cm³/mol. The monoisotopic (exact) mass is 380 g/mol. The van der Waals surface area contributed by atoms with E-state index in [2.05, 4.69) is 21.2 Å². The number of benzene rings is 1. The van der Waals surface area contributed by atoms with E-state index in [1.54, 1.807) is 4.31 Å². The Morgan fingerprint density at radius 1 is 1.40 bits per heavy atom. The second-order valence-corrected chi connectivity index (χ2v) is 8.31. The molecule has 1 aliphatic heterocycles. The fourth-order valence-electron chi connectivity index (χ4n) is 2.30. The first-order valence-corrected chi connectivity index (χ1v) is 9.50. The van der Waals surface area contributed by atoms with Crippen molar-refractivity contribution in [2.75, 3.05) is 19.3 Å². The average Bonchev–Trinajstić information content (AvgIpc) is 2.40. The van der Waals surface area contributed by atoms with E-state index in [4.69, 9.17) is 11.6 Å². The van der Waals surface area contributed by atoms with E-state index in [0.29, 0.717) is 24.2 Å². The van der Waals surface area contributed by atoms with Gasteiger partial charge in [-0.3, -0.25) is 0 Å². The number of halogens is 2. The molecule has 1 aliphatic rings. The van der Waals surface area contributed by atoms with Gasteiger partial charge in [0.2, 0.25) is 10.0 Å². The molecule has 1 N–H and O–H groups in total. The predicted octanol–water partition coefficient (Wildman–Crippen LogP) is 2.62. The molecule has 2 rings (SSSR count). The van der Waals surface area contributed by atoms with Crippen molar-refractivity contribution in [2.24, 2.45) is 0 Å². The van der Waals surface area contributed by atoms with Crippen molar-refractivity contribution in [3.63, 3.8) is 0 Å². The van der Waals surface area contributed by atoms with Crippen molar-refractivity contribution in [1.29, 1.82) is 0 Å². The summed E-state index contributed by atoms with van der Waals surface area (Å²) in [6, 6.07) is 6.25. The maximum absolute atomic E-state index is 11.4. The van der Waals surface area contributed by atoms with Crippen LogP contribution in [-0.2, 0) is 16.6 Å². The van der Waals surface area contributed by atoms with Gasteiger partial charge in [0.05, 0.1) is 11.3 Å². The SMILES string of the molecule is CS(=O)(=O)N1CCC(NCc2ccc(Br)c(Cl)c2)CC1. The van der Waals surface area contributed by atoms with Crippen molar-refractivity contribution in [1.82, 2.24) is 9.62 Å². The maximum atomic E-state index is 11.4. The van der Waals surface area contributed by atoms with Crippen molar-refractivity contribution in [2.45, 2.75) is 25.4 Å². The van der Waals surface area contributed by atoms with Crippen LogP contribution in [0.4, 0.5) is 0 Å². The third-order valence-electron chi connectivity index (χ3n) is 3.50. The smallest absolute Gasteiger partial charge is 0.211 e. The van der Waals surface area contributed by atoms with Crippen LogP contribution in [0.2, 0.25) is 5.02 Å². The van der Waals surface area contributed by atoms with Gasteiger partial charge in [-0.15, -0.1) is 0 Å². The molecule has 112 valence electrons. The Hall–Kier alpha value is -0.140. The molecule has 0 saturated carbocycles. The molecule has 0 unspecified atom stereocenters. The highest BCUT2D eigenvalue weighted by Gasteiger charge is 2.24. The summed E-state index contributed by atoms with van der Waals surface area (Å²) in [7, 11) is -3.04. The lowest BCUT2D eigenvalue weighted by atomic mass is 10.1. The van der Waals surface area contributed by atoms with Crippen molar-refractivity contribution in [3.8, 4) is 0 Å². The van der Waals surface area contributed by atoms with Crippen LogP contribution >= 0.6 is 27.5 Å². The highest BCUT2D eigenvalue weighted by molar-refractivity contribution is 9.10. The van der Waals surface area contributed by atoms with Gasteiger partial charge in [-0.2, -0.15) is 0 Å². The van der Waals surface area contributed by atoms with Crippen LogP contribution < -0.4 is 5.32 Å². The Morgan fingerprint density at radius 2 is 2.05 bits per heavy atom. The minimum Gasteiger partial charge on any atom is -0.310 e. The van der Waals surface area contributed by atoms with Gasteiger partial charge in [0, 0.05) is 30.1 Å². The Bertz CT molecular complexity index is 572. The van der Waals surface area contributed by atoms with Crippen molar-refractivity contribution >= 4 is 37.6 Å². The number of nitrogens with zero attached hydrogens (tertiary/aromatic N) is 1. The number of hydrogen-bond donors (Lipinski definition) is 1. The number of rotatable bonds is 4. The summed E-state index contributed by atoms with van der Waals surface area (Å²) in [5.41, 5.74) is 1.13. The Kier molecular flexibility index (Phi) is 5.48. The van der Waals surface area contributed by atoms with E-state index in [0.717, 1.165) is 29.4 Å². The topological polar surface area (TPSA) is 49.4 Å². The molecule has 0 spiro atoms. The number of sulfonamides is 1. The third kappa shape index (κ3) is 4.43. The van der Waals surface area contributed by atoms with Gasteiger partial charge in [-0.25, -0.2) is 12.7 Å².